The van der Waals surface area contributed by atoms with Crippen LogP contribution in [0.15, 0.2) is 0 Å². The summed E-state index contributed by atoms with van der Waals surface area (Å²) in [4.78, 5) is 0. The van der Waals surface area contributed by atoms with Crippen LogP contribution in [0.5, 0.6) is 11.5 Å². The lowest BCUT2D eigenvalue weighted by atomic mass is 9.47. The molecule has 14 radical (unpaired) electrons. The van der Waals surface area contributed by atoms with Gasteiger partial charge in [-0.15, -0.1) is 0 Å². The van der Waals surface area contributed by atoms with Gasteiger partial charge in [0.1, 0.15) is 15.7 Å². The molecule has 3 rings (SSSR count). The van der Waals surface area contributed by atoms with Crippen molar-refractivity contribution in [1.82, 2.24) is 0 Å². The molecule has 82 valence electrons. The molecule has 0 saturated carbocycles. The van der Waals surface area contributed by atoms with E-state index in [1.165, 1.54) is 0 Å². The van der Waals surface area contributed by atoms with E-state index in [2.05, 4.69) is 0 Å². The topological polar surface area (TPSA) is 44.5 Å². The molecule has 1 aliphatic heterocycles. The van der Waals surface area contributed by atoms with Gasteiger partial charge in [0.2, 0.25) is 0 Å². The largest absolute Gasteiger partial charge is 0.469 e. The van der Waals surface area contributed by atoms with Gasteiger partial charge in [-0.05, 0) is 22.8 Å². The smallest absolute Gasteiger partial charge is 0.175 e. The van der Waals surface area contributed by atoms with Gasteiger partial charge in [-0.1, -0.05) is 16.3 Å². The van der Waals surface area contributed by atoms with Crippen LogP contribution in [0.3, 0.4) is 0 Å². The quantitative estimate of drug-likeness (QED) is 0.475. The van der Waals surface area contributed by atoms with E-state index in [0.29, 0.717) is 11.1 Å². The summed E-state index contributed by atoms with van der Waals surface area (Å²) in [5, 5.41) is -1.44. The summed E-state index contributed by atoms with van der Waals surface area (Å²) in [6, 6.07) is -0.759. The molecule has 2 N–H and O–H groups in total. The van der Waals surface area contributed by atoms with E-state index in [4.69, 9.17) is 70.1 Å². The van der Waals surface area contributed by atoms with Crippen LogP contribution >= 0.6 is 0 Å². The van der Waals surface area contributed by atoms with Crippen molar-refractivity contribution in [2.24, 2.45) is 5.73 Å². The number of benzene rings is 1. The zero-order valence-electron chi connectivity index (χ0n) is 10.6. The third kappa shape index (κ3) is 1.60. The van der Waals surface area contributed by atoms with Gasteiger partial charge >= 0.3 is 0 Å². The SMILES string of the molecule is [B]c1c2c(c([B])c3c1C([B])C(N)C3([B])[B])OC([B])([B])O2. The van der Waals surface area contributed by atoms with Crippen molar-refractivity contribution in [1.29, 1.82) is 0 Å². The number of ether oxygens (including phenoxy) is 2. The second-order valence-corrected chi connectivity index (χ2v) is 5.18. The Morgan fingerprint density at radius 3 is 2.00 bits per heavy atom. The monoisotopic (exact) mass is 247 g/mol. The minimum atomic E-state index is -1.86. The van der Waals surface area contributed by atoms with Crippen LogP contribution in [0.4, 0.5) is 0 Å². The van der Waals surface area contributed by atoms with Crippen molar-refractivity contribution in [3.8, 4) is 11.5 Å². The first-order chi connectivity index (χ1) is 9.08. The molecule has 2 atom stereocenters. The summed E-state index contributed by atoms with van der Waals surface area (Å²) in [5.41, 5.74) is 5.13. The molecule has 0 amide bonds. The number of nitrogens with two attached hydrogens (primary N) is 1. The van der Waals surface area contributed by atoms with Crippen LogP contribution < -0.4 is 26.1 Å². The fraction of sp³-hybridized carbons (Fsp3) is 0.400. The maximum Gasteiger partial charge on any atom is 0.175 e. The molecule has 0 fully saturated rings. The van der Waals surface area contributed by atoms with Crippen molar-refractivity contribution in [3.63, 3.8) is 0 Å². The maximum atomic E-state index is 6.03. The van der Waals surface area contributed by atoms with Crippen molar-refractivity contribution in [3.05, 3.63) is 11.1 Å². The lowest BCUT2D eigenvalue weighted by Gasteiger charge is -2.29. The highest BCUT2D eigenvalue weighted by molar-refractivity contribution is 6.49. The van der Waals surface area contributed by atoms with Crippen LogP contribution in [0.25, 0.3) is 0 Å². The molecule has 10 heteroatoms. The van der Waals surface area contributed by atoms with Gasteiger partial charge in [0.15, 0.2) is 32.8 Å². The van der Waals surface area contributed by atoms with Gasteiger partial charge in [0.05, 0.1) is 23.5 Å². The molecule has 0 bridgehead atoms. The van der Waals surface area contributed by atoms with E-state index in [1.54, 1.807) is 0 Å². The Balaban J connectivity index is 2.33. The summed E-state index contributed by atoms with van der Waals surface area (Å²) in [7, 11) is 41.3. The molecule has 20 heavy (non-hydrogen) atoms. The van der Waals surface area contributed by atoms with Gasteiger partial charge in [-0.25, -0.2) is 0 Å². The number of hydrogen-bond acceptors (Lipinski definition) is 3. The Bertz CT molecular complexity index is 618. The van der Waals surface area contributed by atoms with E-state index < -0.39 is 22.7 Å². The van der Waals surface area contributed by atoms with Crippen molar-refractivity contribution in [2.45, 2.75) is 22.7 Å². The Morgan fingerprint density at radius 1 is 0.950 bits per heavy atom. The first kappa shape index (κ1) is 14.2. The zero-order valence-corrected chi connectivity index (χ0v) is 10.6. The predicted molar refractivity (Wildman–Crippen MR) is 82.4 cm³/mol. The van der Waals surface area contributed by atoms with Crippen LogP contribution in [-0.4, -0.2) is 66.6 Å². The molecule has 1 aromatic rings. The fourth-order valence-electron chi connectivity index (χ4n) is 2.76. The average Bonchev–Trinajstić information content (AvgIpc) is 2.75. The highest BCUT2D eigenvalue weighted by Gasteiger charge is 2.46. The van der Waals surface area contributed by atoms with Gasteiger partial charge in [-0.3, -0.25) is 0 Å². The predicted octanol–water partition coefficient (Wildman–Crippen LogP) is -3.97. The van der Waals surface area contributed by atoms with Gasteiger partial charge in [-0.2, -0.15) is 0 Å². The molecular weight excluding hydrogens is 242 g/mol. The van der Waals surface area contributed by atoms with Crippen molar-refractivity contribution in [2.75, 3.05) is 0 Å². The number of hydrogen-bond donors (Lipinski definition) is 1. The number of fused-ring (bicyclic) bond motifs is 2. The Morgan fingerprint density at radius 2 is 1.45 bits per heavy atom. The first-order valence-electron chi connectivity index (χ1n) is 5.88. The minimum Gasteiger partial charge on any atom is -0.469 e. The Hall–Kier alpha value is -0.765. The fourth-order valence-corrected chi connectivity index (χ4v) is 2.76. The lowest BCUT2D eigenvalue weighted by molar-refractivity contribution is 0.0843. The molecular formula is C10H4B7NO2. The molecule has 1 aliphatic carbocycles. The zero-order chi connectivity index (χ0) is 15.0. The molecule has 2 unspecified atom stereocenters. The molecule has 0 aromatic heterocycles. The summed E-state index contributed by atoms with van der Waals surface area (Å²) in [6.07, 6.45) is 0. The molecule has 0 spiro atoms. The van der Waals surface area contributed by atoms with Gasteiger partial charge < -0.3 is 15.2 Å². The van der Waals surface area contributed by atoms with Crippen molar-refractivity contribution < 1.29 is 9.47 Å². The molecule has 3 nitrogen and oxygen atoms in total. The Kier molecular flexibility index (Phi) is 2.77. The van der Waals surface area contributed by atoms with Gasteiger partial charge in [0.25, 0.3) is 0 Å². The standard InChI is InChI=1S/C10H4B7NO2/c11-3-1-2(9(14,15)8(18)4(1)12)5(13)7-6(3)19-10(16,17)20-7/h4,8H,18H2. The summed E-state index contributed by atoms with van der Waals surface area (Å²) in [6.45, 7) is 0. The lowest BCUT2D eigenvalue weighted by Crippen LogP contribution is -2.47. The molecule has 0 saturated heterocycles. The van der Waals surface area contributed by atoms with Crippen LogP contribution in [0.2, 0.25) is 0 Å². The first-order valence-corrected chi connectivity index (χ1v) is 5.88. The van der Waals surface area contributed by atoms with E-state index in [1.807, 2.05) is 0 Å². The normalized spacial score (nSPS) is 28.2. The molecule has 1 heterocycles. The van der Waals surface area contributed by atoms with Crippen molar-refractivity contribution >= 4 is 65.8 Å². The summed E-state index contributed by atoms with van der Waals surface area (Å²) < 4.78 is 10.5. The van der Waals surface area contributed by atoms with E-state index in [0.717, 1.165) is 0 Å². The summed E-state index contributed by atoms with van der Waals surface area (Å²) >= 11 is 0. The second-order valence-electron chi connectivity index (χ2n) is 5.18. The minimum absolute atomic E-state index is 0.0906. The van der Waals surface area contributed by atoms with Crippen LogP contribution in [0, 0.1) is 0 Å². The third-order valence-corrected chi connectivity index (χ3v) is 3.75. The highest BCUT2D eigenvalue weighted by atomic mass is 16.7. The summed E-state index contributed by atoms with van der Waals surface area (Å²) in [5.74, 6) is -0.485. The second kappa shape index (κ2) is 3.91. The molecule has 2 aliphatic rings. The van der Waals surface area contributed by atoms with Crippen LogP contribution in [0.1, 0.15) is 16.9 Å². The molecule has 1 aromatic carbocycles. The van der Waals surface area contributed by atoms with E-state index in [9.17, 15) is 0 Å². The van der Waals surface area contributed by atoms with E-state index in [-0.39, 0.29) is 22.4 Å². The number of rotatable bonds is 0. The van der Waals surface area contributed by atoms with E-state index >= 15 is 0 Å². The Labute approximate surface area is 127 Å². The highest BCUT2D eigenvalue weighted by Crippen LogP contribution is 2.44. The third-order valence-electron chi connectivity index (χ3n) is 3.75. The van der Waals surface area contributed by atoms with Crippen LogP contribution in [-0.2, 0) is 5.21 Å². The average molecular weight is 246 g/mol. The van der Waals surface area contributed by atoms with Gasteiger partial charge in [0, 0.05) is 0 Å². The maximum absolute atomic E-state index is 6.03.